The van der Waals surface area contributed by atoms with Gasteiger partial charge in [0.1, 0.15) is 0 Å². The second-order valence-corrected chi connectivity index (χ2v) is 8.70. The highest BCUT2D eigenvalue weighted by atomic mass is 16.2. The maximum absolute atomic E-state index is 12.1. The molecule has 0 radical (unpaired) electrons. The third kappa shape index (κ3) is 5.29. The molecule has 0 saturated carbocycles. The molecular weight excluding hydrogens is 390 g/mol. The molecule has 0 aliphatic carbocycles. The van der Waals surface area contributed by atoms with Gasteiger partial charge in [0, 0.05) is 49.8 Å². The first kappa shape index (κ1) is 21.0. The van der Waals surface area contributed by atoms with Gasteiger partial charge in [0.2, 0.25) is 5.91 Å². The Kier molecular flexibility index (Phi) is 6.30. The van der Waals surface area contributed by atoms with Crippen LogP contribution < -0.4 is 21.3 Å². The van der Waals surface area contributed by atoms with Crippen LogP contribution in [0, 0.1) is 11.8 Å². The van der Waals surface area contributed by atoms with Crippen molar-refractivity contribution in [3.8, 4) is 0 Å². The lowest BCUT2D eigenvalue weighted by molar-refractivity contribution is -0.128. The number of benzene rings is 2. The van der Waals surface area contributed by atoms with Crippen molar-refractivity contribution >= 4 is 29.0 Å². The van der Waals surface area contributed by atoms with Crippen molar-refractivity contribution in [2.24, 2.45) is 17.6 Å². The molecule has 7 heteroatoms. The van der Waals surface area contributed by atoms with Gasteiger partial charge in [0.05, 0.1) is 5.92 Å². The van der Waals surface area contributed by atoms with Crippen LogP contribution >= 0.6 is 0 Å². The van der Waals surface area contributed by atoms with Crippen LogP contribution in [0.25, 0.3) is 0 Å². The standard InChI is InChI=1S/C24H31N5O2/c1-17-10-12-28(13-11-17)22-8-6-21(7-9-22)27-20-4-2-18(3-5-20)14-26-23(30)19-15-29(16-19)24(25)31/h2-9,17,19,27H,10-16H2,1H3,(H2,25,31)(H,26,30). The number of anilines is 3. The molecule has 2 saturated heterocycles. The molecule has 31 heavy (non-hydrogen) atoms. The molecule has 2 aliphatic heterocycles. The molecule has 0 bridgehead atoms. The summed E-state index contributed by atoms with van der Waals surface area (Å²) in [6.45, 7) is 5.87. The van der Waals surface area contributed by atoms with Gasteiger partial charge < -0.3 is 26.2 Å². The number of hydrogen-bond acceptors (Lipinski definition) is 4. The summed E-state index contributed by atoms with van der Waals surface area (Å²) in [6.07, 6.45) is 2.53. The Morgan fingerprint density at radius 1 is 0.968 bits per heavy atom. The minimum atomic E-state index is -0.470. The second kappa shape index (κ2) is 9.29. The number of carbonyl (C=O) groups excluding carboxylic acids is 2. The Bertz CT molecular complexity index is 899. The van der Waals surface area contributed by atoms with E-state index in [4.69, 9.17) is 5.73 Å². The summed E-state index contributed by atoms with van der Waals surface area (Å²) in [5.74, 6) is 0.631. The molecule has 3 amide bonds. The monoisotopic (exact) mass is 421 g/mol. The topological polar surface area (TPSA) is 90.7 Å². The quantitative estimate of drug-likeness (QED) is 0.668. The van der Waals surface area contributed by atoms with Crippen molar-refractivity contribution in [3.63, 3.8) is 0 Å². The Hall–Kier alpha value is -3.22. The zero-order chi connectivity index (χ0) is 21.8. The number of carbonyl (C=O) groups is 2. The summed E-state index contributed by atoms with van der Waals surface area (Å²) in [5, 5.41) is 6.36. The average molecular weight is 422 g/mol. The Labute approximate surface area is 183 Å². The Balaban J connectivity index is 1.24. The fourth-order valence-electron chi connectivity index (χ4n) is 4.05. The van der Waals surface area contributed by atoms with Gasteiger partial charge in [-0.15, -0.1) is 0 Å². The largest absolute Gasteiger partial charge is 0.372 e. The van der Waals surface area contributed by atoms with E-state index in [0.717, 1.165) is 35.9 Å². The molecule has 2 aromatic rings. The molecule has 4 N–H and O–H groups in total. The van der Waals surface area contributed by atoms with E-state index < -0.39 is 6.03 Å². The first-order valence-electron chi connectivity index (χ1n) is 11.0. The number of nitrogens with zero attached hydrogens (tertiary/aromatic N) is 2. The number of urea groups is 1. The number of hydrogen-bond donors (Lipinski definition) is 3. The van der Waals surface area contributed by atoms with Gasteiger partial charge in [0.15, 0.2) is 0 Å². The maximum Gasteiger partial charge on any atom is 0.314 e. The smallest absolute Gasteiger partial charge is 0.314 e. The van der Waals surface area contributed by atoms with Gasteiger partial charge in [-0.25, -0.2) is 4.79 Å². The third-order valence-corrected chi connectivity index (χ3v) is 6.29. The predicted molar refractivity (Wildman–Crippen MR) is 123 cm³/mol. The lowest BCUT2D eigenvalue weighted by Gasteiger charge is -2.36. The molecular formula is C24H31N5O2. The van der Waals surface area contributed by atoms with Crippen LogP contribution in [-0.2, 0) is 11.3 Å². The average Bonchev–Trinajstić information content (AvgIpc) is 2.73. The predicted octanol–water partition coefficient (Wildman–Crippen LogP) is 3.29. The summed E-state index contributed by atoms with van der Waals surface area (Å²) in [7, 11) is 0. The van der Waals surface area contributed by atoms with E-state index in [1.54, 1.807) is 0 Å². The van der Waals surface area contributed by atoms with Gasteiger partial charge in [-0.1, -0.05) is 19.1 Å². The Morgan fingerprint density at radius 3 is 2.13 bits per heavy atom. The van der Waals surface area contributed by atoms with Crippen molar-refractivity contribution in [3.05, 3.63) is 54.1 Å². The summed E-state index contributed by atoms with van der Waals surface area (Å²) in [5.41, 5.74) is 9.56. The molecule has 4 rings (SSSR count). The number of piperidine rings is 1. The molecule has 2 fully saturated rings. The Morgan fingerprint density at radius 2 is 1.55 bits per heavy atom. The number of nitrogens with two attached hydrogens (primary N) is 1. The van der Waals surface area contributed by atoms with Crippen LogP contribution in [0.5, 0.6) is 0 Å². The third-order valence-electron chi connectivity index (χ3n) is 6.29. The number of likely N-dealkylation sites (tertiary alicyclic amines) is 1. The molecule has 2 aromatic carbocycles. The molecule has 2 aliphatic rings. The van der Waals surface area contributed by atoms with Crippen LogP contribution in [0.1, 0.15) is 25.3 Å². The fraction of sp³-hybridized carbons (Fsp3) is 0.417. The van der Waals surface area contributed by atoms with Crippen LogP contribution in [-0.4, -0.2) is 43.0 Å². The number of nitrogens with one attached hydrogen (secondary N) is 2. The minimum Gasteiger partial charge on any atom is -0.372 e. The van der Waals surface area contributed by atoms with E-state index in [-0.39, 0.29) is 11.8 Å². The van der Waals surface area contributed by atoms with E-state index in [1.165, 1.54) is 23.4 Å². The zero-order valence-electron chi connectivity index (χ0n) is 18.0. The van der Waals surface area contributed by atoms with E-state index in [9.17, 15) is 9.59 Å². The van der Waals surface area contributed by atoms with Crippen molar-refractivity contribution in [1.82, 2.24) is 10.2 Å². The molecule has 0 atom stereocenters. The summed E-state index contributed by atoms with van der Waals surface area (Å²) in [6, 6.07) is 16.2. The number of rotatable bonds is 6. The molecule has 0 aromatic heterocycles. The van der Waals surface area contributed by atoms with E-state index in [2.05, 4.69) is 46.7 Å². The van der Waals surface area contributed by atoms with Gasteiger partial charge in [-0.05, 0) is 60.7 Å². The maximum atomic E-state index is 12.1. The SMILES string of the molecule is CC1CCN(c2ccc(Nc3ccc(CNC(=O)C4CN(C(N)=O)C4)cc3)cc2)CC1. The van der Waals surface area contributed by atoms with E-state index in [0.29, 0.717) is 19.6 Å². The van der Waals surface area contributed by atoms with E-state index >= 15 is 0 Å². The summed E-state index contributed by atoms with van der Waals surface area (Å²) >= 11 is 0. The number of amides is 3. The van der Waals surface area contributed by atoms with Gasteiger partial charge in [-0.2, -0.15) is 0 Å². The highest BCUT2D eigenvalue weighted by Crippen LogP contribution is 2.25. The lowest BCUT2D eigenvalue weighted by atomic mass is 9.99. The molecule has 164 valence electrons. The zero-order valence-corrected chi connectivity index (χ0v) is 18.0. The van der Waals surface area contributed by atoms with Crippen LogP contribution in [0.15, 0.2) is 48.5 Å². The van der Waals surface area contributed by atoms with Crippen LogP contribution in [0.2, 0.25) is 0 Å². The summed E-state index contributed by atoms with van der Waals surface area (Å²) < 4.78 is 0. The van der Waals surface area contributed by atoms with Crippen LogP contribution in [0.3, 0.4) is 0 Å². The second-order valence-electron chi connectivity index (χ2n) is 8.70. The first-order valence-corrected chi connectivity index (χ1v) is 11.0. The number of primary amides is 1. The minimum absolute atomic E-state index is 0.0389. The van der Waals surface area contributed by atoms with Crippen molar-refractivity contribution in [1.29, 1.82) is 0 Å². The fourth-order valence-corrected chi connectivity index (χ4v) is 4.05. The van der Waals surface area contributed by atoms with E-state index in [1.807, 2.05) is 24.3 Å². The van der Waals surface area contributed by atoms with Gasteiger partial charge in [0.25, 0.3) is 0 Å². The highest BCUT2D eigenvalue weighted by Gasteiger charge is 2.34. The first-order chi connectivity index (χ1) is 15.0. The lowest BCUT2D eigenvalue weighted by Crippen LogP contribution is -2.57. The molecule has 0 unspecified atom stereocenters. The van der Waals surface area contributed by atoms with Crippen LogP contribution in [0.4, 0.5) is 21.9 Å². The molecule has 0 spiro atoms. The highest BCUT2D eigenvalue weighted by molar-refractivity contribution is 5.83. The van der Waals surface area contributed by atoms with Crippen molar-refractivity contribution in [2.75, 3.05) is 36.4 Å². The molecule has 2 heterocycles. The normalized spacial score (nSPS) is 17.2. The summed E-state index contributed by atoms with van der Waals surface area (Å²) in [4.78, 5) is 27.1. The van der Waals surface area contributed by atoms with Crippen molar-refractivity contribution < 1.29 is 9.59 Å². The van der Waals surface area contributed by atoms with Crippen molar-refractivity contribution in [2.45, 2.75) is 26.3 Å². The molecule has 7 nitrogen and oxygen atoms in total. The van der Waals surface area contributed by atoms with Gasteiger partial charge in [-0.3, -0.25) is 4.79 Å². The van der Waals surface area contributed by atoms with Gasteiger partial charge >= 0.3 is 6.03 Å².